The summed E-state index contributed by atoms with van der Waals surface area (Å²) in [4.78, 5) is 40.0. The molecule has 1 saturated heterocycles. The molecule has 1 aliphatic rings. The zero-order chi connectivity index (χ0) is 15.4. The molecular formula is C12H17N5O4. The number of carboxylic acids is 1. The van der Waals surface area contributed by atoms with Crippen molar-refractivity contribution in [2.45, 2.75) is 19.0 Å². The molecule has 1 aromatic rings. The summed E-state index contributed by atoms with van der Waals surface area (Å²) in [5.41, 5.74) is 0. The normalized spacial score (nSPS) is 18.2. The van der Waals surface area contributed by atoms with Gasteiger partial charge < -0.3 is 25.2 Å². The number of rotatable bonds is 4. The molecule has 3 amide bonds. The molecule has 0 spiro atoms. The number of aryl methyl sites for hydroxylation is 1. The molecule has 114 valence electrons. The zero-order valence-corrected chi connectivity index (χ0v) is 11.6. The van der Waals surface area contributed by atoms with E-state index >= 15 is 0 Å². The minimum atomic E-state index is -1.13. The molecule has 21 heavy (non-hydrogen) atoms. The Morgan fingerprint density at radius 3 is 2.95 bits per heavy atom. The third-order valence-electron chi connectivity index (χ3n) is 3.28. The first-order chi connectivity index (χ1) is 9.99. The summed E-state index contributed by atoms with van der Waals surface area (Å²) in [5, 5.41) is 14.1. The van der Waals surface area contributed by atoms with Crippen molar-refractivity contribution in [3.05, 3.63) is 18.2 Å². The van der Waals surface area contributed by atoms with Crippen molar-refractivity contribution in [2.75, 3.05) is 13.1 Å². The van der Waals surface area contributed by atoms with Gasteiger partial charge in [0.15, 0.2) is 0 Å². The van der Waals surface area contributed by atoms with Gasteiger partial charge in [-0.15, -0.1) is 0 Å². The fraction of sp³-hybridized carbons (Fsp3) is 0.500. The predicted octanol–water partition coefficient (Wildman–Crippen LogP) is -1.10. The summed E-state index contributed by atoms with van der Waals surface area (Å²) in [6.45, 7) is 0.793. The highest BCUT2D eigenvalue weighted by molar-refractivity contribution is 5.91. The number of nitrogens with zero attached hydrogens (tertiary/aromatic N) is 3. The number of urea groups is 1. The highest BCUT2D eigenvalue weighted by Crippen LogP contribution is 2.09. The maximum atomic E-state index is 12.1. The van der Waals surface area contributed by atoms with Crippen LogP contribution in [0.5, 0.6) is 0 Å². The third-order valence-corrected chi connectivity index (χ3v) is 3.28. The molecule has 0 aromatic carbocycles. The molecule has 9 heteroatoms. The lowest BCUT2D eigenvalue weighted by atomic mass is 10.1. The van der Waals surface area contributed by atoms with Crippen LogP contribution in [0, 0.1) is 0 Å². The smallest absolute Gasteiger partial charge is 0.318 e. The second-order valence-corrected chi connectivity index (χ2v) is 4.71. The number of carbonyl (C=O) groups excluding carboxylic acids is 2. The number of carbonyl (C=O) groups is 3. The summed E-state index contributed by atoms with van der Waals surface area (Å²) in [6.07, 6.45) is 2.95. The van der Waals surface area contributed by atoms with E-state index in [4.69, 9.17) is 5.11 Å². The highest BCUT2D eigenvalue weighted by Gasteiger charge is 2.34. The first kappa shape index (κ1) is 14.8. The maximum absolute atomic E-state index is 12.1. The Labute approximate surface area is 120 Å². The third kappa shape index (κ3) is 3.50. The number of aliphatic carboxylic acids is 1. The van der Waals surface area contributed by atoms with E-state index < -0.39 is 30.4 Å². The second kappa shape index (κ2) is 6.25. The van der Waals surface area contributed by atoms with E-state index in [0.29, 0.717) is 12.4 Å². The Morgan fingerprint density at radius 2 is 2.33 bits per heavy atom. The molecule has 1 atom stereocenters. The number of aromatic nitrogens is 2. The lowest BCUT2D eigenvalue weighted by Gasteiger charge is -2.34. The van der Waals surface area contributed by atoms with Crippen molar-refractivity contribution >= 4 is 17.9 Å². The van der Waals surface area contributed by atoms with Gasteiger partial charge in [-0.2, -0.15) is 0 Å². The molecular weight excluding hydrogens is 278 g/mol. The lowest BCUT2D eigenvalue weighted by molar-refractivity contribution is -0.142. The Hall–Kier alpha value is -2.58. The molecule has 2 rings (SSSR count). The van der Waals surface area contributed by atoms with E-state index in [0.717, 1.165) is 0 Å². The molecule has 1 aliphatic heterocycles. The van der Waals surface area contributed by atoms with Crippen LogP contribution < -0.4 is 10.6 Å². The predicted molar refractivity (Wildman–Crippen MR) is 71.2 cm³/mol. The van der Waals surface area contributed by atoms with Crippen LogP contribution in [-0.4, -0.2) is 56.6 Å². The number of hydrogen-bond donors (Lipinski definition) is 3. The summed E-state index contributed by atoms with van der Waals surface area (Å²) in [7, 11) is 1.80. The summed E-state index contributed by atoms with van der Waals surface area (Å²) in [5.74, 6) is -0.908. The van der Waals surface area contributed by atoms with Gasteiger partial charge in [0, 0.05) is 32.5 Å². The Kier molecular flexibility index (Phi) is 4.41. The van der Waals surface area contributed by atoms with Gasteiger partial charge in [0.05, 0.1) is 13.0 Å². The minimum Gasteiger partial charge on any atom is -0.481 e. The van der Waals surface area contributed by atoms with Crippen molar-refractivity contribution in [2.24, 2.45) is 7.05 Å². The van der Waals surface area contributed by atoms with Gasteiger partial charge in [-0.25, -0.2) is 9.78 Å². The van der Waals surface area contributed by atoms with Crippen LogP contribution >= 0.6 is 0 Å². The van der Waals surface area contributed by atoms with Crippen LogP contribution in [-0.2, 0) is 23.2 Å². The second-order valence-electron chi connectivity index (χ2n) is 4.71. The SMILES string of the molecule is Cn1ccnc1CNC(=O)N1CCNC(=O)C1CC(=O)O. The van der Waals surface area contributed by atoms with E-state index in [-0.39, 0.29) is 13.1 Å². The molecule has 1 unspecified atom stereocenters. The van der Waals surface area contributed by atoms with E-state index in [1.165, 1.54) is 4.90 Å². The van der Waals surface area contributed by atoms with Gasteiger partial charge in [0.1, 0.15) is 11.9 Å². The fourth-order valence-electron chi connectivity index (χ4n) is 2.15. The van der Waals surface area contributed by atoms with Crippen molar-refractivity contribution in [3.63, 3.8) is 0 Å². The van der Waals surface area contributed by atoms with Crippen LogP contribution in [0.2, 0.25) is 0 Å². The van der Waals surface area contributed by atoms with Gasteiger partial charge >= 0.3 is 12.0 Å². The first-order valence-electron chi connectivity index (χ1n) is 6.49. The maximum Gasteiger partial charge on any atom is 0.318 e. The standard InChI is InChI=1S/C12H17N5O4/c1-16-4-2-13-9(16)7-15-12(21)17-5-3-14-11(20)8(17)6-10(18)19/h2,4,8H,3,5-7H2,1H3,(H,14,20)(H,15,21)(H,18,19). The largest absolute Gasteiger partial charge is 0.481 e. The summed E-state index contributed by atoms with van der Waals surface area (Å²) >= 11 is 0. The van der Waals surface area contributed by atoms with Crippen molar-refractivity contribution < 1.29 is 19.5 Å². The molecule has 0 saturated carbocycles. The van der Waals surface area contributed by atoms with Crippen molar-refractivity contribution in [3.8, 4) is 0 Å². The van der Waals surface area contributed by atoms with Crippen molar-refractivity contribution in [1.29, 1.82) is 0 Å². The van der Waals surface area contributed by atoms with Gasteiger partial charge in [0.2, 0.25) is 5.91 Å². The van der Waals surface area contributed by atoms with Crippen molar-refractivity contribution in [1.82, 2.24) is 25.1 Å². The quantitative estimate of drug-likeness (QED) is 0.652. The monoisotopic (exact) mass is 295 g/mol. The molecule has 9 nitrogen and oxygen atoms in total. The van der Waals surface area contributed by atoms with Gasteiger partial charge in [-0.1, -0.05) is 0 Å². The number of amides is 3. The zero-order valence-electron chi connectivity index (χ0n) is 11.6. The average Bonchev–Trinajstić information content (AvgIpc) is 2.83. The van der Waals surface area contributed by atoms with E-state index in [1.54, 1.807) is 24.0 Å². The van der Waals surface area contributed by atoms with Crippen LogP contribution in [0.25, 0.3) is 0 Å². The van der Waals surface area contributed by atoms with E-state index in [2.05, 4.69) is 15.6 Å². The van der Waals surface area contributed by atoms with Crippen LogP contribution in [0.15, 0.2) is 12.4 Å². The molecule has 2 heterocycles. The van der Waals surface area contributed by atoms with E-state index in [9.17, 15) is 14.4 Å². The number of carboxylic acid groups (broad SMARTS) is 1. The first-order valence-corrected chi connectivity index (χ1v) is 6.49. The highest BCUT2D eigenvalue weighted by atomic mass is 16.4. The Morgan fingerprint density at radius 1 is 1.57 bits per heavy atom. The lowest BCUT2D eigenvalue weighted by Crippen LogP contribution is -2.59. The number of nitrogens with one attached hydrogen (secondary N) is 2. The number of imidazole rings is 1. The number of hydrogen-bond acceptors (Lipinski definition) is 4. The van der Waals surface area contributed by atoms with Crippen LogP contribution in [0.1, 0.15) is 12.2 Å². The van der Waals surface area contributed by atoms with Gasteiger partial charge in [-0.05, 0) is 0 Å². The molecule has 0 aliphatic carbocycles. The Balaban J connectivity index is 2.00. The molecule has 3 N–H and O–H groups in total. The summed E-state index contributed by atoms with van der Waals surface area (Å²) in [6, 6.07) is -1.46. The molecule has 0 radical (unpaired) electrons. The average molecular weight is 295 g/mol. The van der Waals surface area contributed by atoms with Gasteiger partial charge in [-0.3, -0.25) is 9.59 Å². The summed E-state index contributed by atoms with van der Waals surface area (Å²) < 4.78 is 1.76. The molecule has 0 bridgehead atoms. The molecule has 1 fully saturated rings. The fourth-order valence-corrected chi connectivity index (χ4v) is 2.15. The topological polar surface area (TPSA) is 117 Å². The number of piperazine rings is 1. The minimum absolute atomic E-state index is 0.209. The van der Waals surface area contributed by atoms with Crippen LogP contribution in [0.3, 0.4) is 0 Å². The molecule has 1 aromatic heterocycles. The van der Waals surface area contributed by atoms with E-state index in [1.807, 2.05) is 0 Å². The van der Waals surface area contributed by atoms with Crippen LogP contribution in [0.4, 0.5) is 4.79 Å². The Bertz CT molecular complexity index is 556. The van der Waals surface area contributed by atoms with Gasteiger partial charge in [0.25, 0.3) is 0 Å².